The summed E-state index contributed by atoms with van der Waals surface area (Å²) in [5.74, 6) is -1.15. The van der Waals surface area contributed by atoms with E-state index < -0.39 is 24.5 Å². The SMILES string of the molecule is COc1cc(NC(=O)C2CCCCC2)c(C(=O)OCC(=O)NC(=O)NCC(C)C)cc1OC. The molecule has 1 aliphatic carbocycles. The first-order valence-corrected chi connectivity index (χ1v) is 11.1. The zero-order chi connectivity index (χ0) is 24.4. The molecule has 10 nitrogen and oxygen atoms in total. The predicted octanol–water partition coefficient (Wildman–Crippen LogP) is 2.86. The van der Waals surface area contributed by atoms with Crippen molar-refractivity contribution in [2.75, 3.05) is 32.7 Å². The van der Waals surface area contributed by atoms with Gasteiger partial charge in [0.2, 0.25) is 5.91 Å². The van der Waals surface area contributed by atoms with Crippen molar-refractivity contribution in [3.63, 3.8) is 0 Å². The highest BCUT2D eigenvalue weighted by Crippen LogP contribution is 2.34. The second-order valence-corrected chi connectivity index (χ2v) is 8.31. The summed E-state index contributed by atoms with van der Waals surface area (Å²) in [7, 11) is 2.85. The lowest BCUT2D eigenvalue weighted by Gasteiger charge is -2.22. The molecule has 2 rings (SSSR count). The molecule has 0 atom stereocenters. The summed E-state index contributed by atoms with van der Waals surface area (Å²) in [6.07, 6.45) is 4.66. The molecule has 1 aliphatic rings. The van der Waals surface area contributed by atoms with Gasteiger partial charge in [-0.2, -0.15) is 0 Å². The summed E-state index contributed by atoms with van der Waals surface area (Å²) >= 11 is 0. The first-order valence-electron chi connectivity index (χ1n) is 11.1. The molecule has 0 saturated heterocycles. The minimum Gasteiger partial charge on any atom is -0.493 e. The molecule has 182 valence electrons. The Hall–Kier alpha value is -3.30. The Bertz CT molecular complexity index is 864. The molecule has 0 aromatic heterocycles. The molecule has 0 heterocycles. The fourth-order valence-electron chi connectivity index (χ4n) is 3.46. The molecule has 1 saturated carbocycles. The molecule has 0 spiro atoms. The number of carbonyl (C=O) groups excluding carboxylic acids is 4. The number of nitrogens with one attached hydrogen (secondary N) is 3. The topological polar surface area (TPSA) is 132 Å². The normalized spacial score (nSPS) is 13.7. The Morgan fingerprint density at radius 1 is 1.00 bits per heavy atom. The zero-order valence-corrected chi connectivity index (χ0v) is 19.6. The van der Waals surface area contributed by atoms with Crippen molar-refractivity contribution in [1.82, 2.24) is 10.6 Å². The molecular weight excluding hydrogens is 430 g/mol. The highest BCUT2D eigenvalue weighted by molar-refractivity contribution is 6.03. The van der Waals surface area contributed by atoms with E-state index >= 15 is 0 Å². The van der Waals surface area contributed by atoms with Crippen LogP contribution in [-0.2, 0) is 14.3 Å². The average molecular weight is 464 g/mol. The van der Waals surface area contributed by atoms with E-state index in [2.05, 4.69) is 16.0 Å². The lowest BCUT2D eigenvalue weighted by atomic mass is 9.88. The fraction of sp³-hybridized carbons (Fsp3) is 0.565. The summed E-state index contributed by atoms with van der Waals surface area (Å²) < 4.78 is 15.6. The van der Waals surface area contributed by atoms with Crippen LogP contribution < -0.4 is 25.4 Å². The van der Waals surface area contributed by atoms with E-state index in [1.54, 1.807) is 0 Å². The predicted molar refractivity (Wildman–Crippen MR) is 121 cm³/mol. The molecule has 1 aromatic rings. The van der Waals surface area contributed by atoms with Crippen molar-refractivity contribution in [2.45, 2.75) is 46.0 Å². The number of rotatable bonds is 9. The van der Waals surface area contributed by atoms with Gasteiger partial charge in [-0.25, -0.2) is 9.59 Å². The molecule has 33 heavy (non-hydrogen) atoms. The van der Waals surface area contributed by atoms with Crippen LogP contribution in [-0.4, -0.2) is 51.2 Å². The Morgan fingerprint density at radius 2 is 1.64 bits per heavy atom. The molecular formula is C23H33N3O7. The highest BCUT2D eigenvalue weighted by atomic mass is 16.5. The standard InChI is InChI=1S/C23H33N3O7/c1-14(2)12-24-23(30)26-20(27)13-33-22(29)16-10-18(31-3)19(32-4)11-17(16)25-21(28)15-8-6-5-7-9-15/h10-11,14-15H,5-9,12-13H2,1-4H3,(H,25,28)(H2,24,26,27,30). The van der Waals surface area contributed by atoms with Crippen molar-refractivity contribution >= 4 is 29.5 Å². The van der Waals surface area contributed by atoms with Crippen molar-refractivity contribution in [3.05, 3.63) is 17.7 Å². The average Bonchev–Trinajstić information content (AvgIpc) is 2.81. The molecule has 0 aliphatic heterocycles. The molecule has 1 aromatic carbocycles. The maximum absolute atomic E-state index is 12.7. The van der Waals surface area contributed by atoms with Crippen LogP contribution in [0, 0.1) is 11.8 Å². The summed E-state index contributed by atoms with van der Waals surface area (Å²) in [6, 6.07) is 2.19. The Balaban J connectivity index is 2.10. The van der Waals surface area contributed by atoms with Crippen molar-refractivity contribution in [3.8, 4) is 11.5 Å². The van der Waals surface area contributed by atoms with E-state index in [1.807, 2.05) is 13.8 Å². The maximum Gasteiger partial charge on any atom is 0.340 e. The van der Waals surface area contributed by atoms with Gasteiger partial charge in [0.15, 0.2) is 18.1 Å². The largest absolute Gasteiger partial charge is 0.493 e. The lowest BCUT2D eigenvalue weighted by Crippen LogP contribution is -2.42. The van der Waals surface area contributed by atoms with Crippen LogP contribution in [0.1, 0.15) is 56.3 Å². The van der Waals surface area contributed by atoms with Crippen LogP contribution in [0.5, 0.6) is 11.5 Å². The first-order chi connectivity index (χ1) is 15.7. The number of amides is 4. The third-order valence-electron chi connectivity index (χ3n) is 5.24. The van der Waals surface area contributed by atoms with E-state index in [9.17, 15) is 19.2 Å². The third kappa shape index (κ3) is 7.96. The molecule has 10 heteroatoms. The van der Waals surface area contributed by atoms with Crippen molar-refractivity contribution in [1.29, 1.82) is 0 Å². The fourth-order valence-corrected chi connectivity index (χ4v) is 3.46. The lowest BCUT2D eigenvalue weighted by molar-refractivity contribution is -0.123. The van der Waals surface area contributed by atoms with Crippen LogP contribution in [0.3, 0.4) is 0 Å². The number of carbonyl (C=O) groups is 4. The molecule has 1 fully saturated rings. The number of methoxy groups -OCH3 is 2. The van der Waals surface area contributed by atoms with E-state index in [0.29, 0.717) is 12.3 Å². The van der Waals surface area contributed by atoms with Gasteiger partial charge in [-0.3, -0.25) is 14.9 Å². The van der Waals surface area contributed by atoms with E-state index in [0.717, 1.165) is 32.1 Å². The van der Waals surface area contributed by atoms with Gasteiger partial charge in [0.25, 0.3) is 5.91 Å². The maximum atomic E-state index is 12.7. The number of imide groups is 1. The first kappa shape index (κ1) is 26.0. The second-order valence-electron chi connectivity index (χ2n) is 8.31. The van der Waals surface area contributed by atoms with Gasteiger partial charge in [-0.1, -0.05) is 33.1 Å². The summed E-state index contributed by atoms with van der Waals surface area (Å²) in [5, 5.41) is 7.42. The van der Waals surface area contributed by atoms with Crippen LogP contribution in [0.4, 0.5) is 10.5 Å². The third-order valence-corrected chi connectivity index (χ3v) is 5.24. The summed E-state index contributed by atoms with van der Waals surface area (Å²) in [6.45, 7) is 3.56. The highest BCUT2D eigenvalue weighted by Gasteiger charge is 2.25. The van der Waals surface area contributed by atoms with Gasteiger partial charge in [-0.05, 0) is 18.8 Å². The summed E-state index contributed by atoms with van der Waals surface area (Å²) in [5.41, 5.74) is 0.206. The smallest absolute Gasteiger partial charge is 0.340 e. The van der Waals surface area contributed by atoms with Crippen molar-refractivity contribution in [2.24, 2.45) is 11.8 Å². The molecule has 3 N–H and O–H groups in total. The molecule has 0 bridgehead atoms. The van der Waals surface area contributed by atoms with Crippen LogP contribution in [0.15, 0.2) is 12.1 Å². The van der Waals surface area contributed by atoms with Crippen LogP contribution in [0.25, 0.3) is 0 Å². The Labute approximate surface area is 193 Å². The van der Waals surface area contributed by atoms with Gasteiger partial charge >= 0.3 is 12.0 Å². The molecule has 0 radical (unpaired) electrons. The van der Waals surface area contributed by atoms with Crippen LogP contribution in [0.2, 0.25) is 0 Å². The van der Waals surface area contributed by atoms with Gasteiger partial charge in [0.05, 0.1) is 25.5 Å². The van der Waals surface area contributed by atoms with Gasteiger partial charge in [-0.15, -0.1) is 0 Å². The summed E-state index contributed by atoms with van der Waals surface area (Å²) in [4.78, 5) is 49.1. The number of esters is 1. The van der Waals surface area contributed by atoms with Crippen molar-refractivity contribution < 1.29 is 33.4 Å². The number of urea groups is 1. The van der Waals surface area contributed by atoms with Gasteiger partial charge < -0.3 is 24.8 Å². The minimum absolute atomic E-state index is 0.00821. The van der Waals surface area contributed by atoms with E-state index in [-0.39, 0.29) is 34.7 Å². The van der Waals surface area contributed by atoms with Gasteiger partial charge in [0.1, 0.15) is 0 Å². The molecule has 0 unspecified atom stereocenters. The quantitative estimate of drug-likeness (QED) is 0.480. The minimum atomic E-state index is -0.854. The number of hydrogen-bond acceptors (Lipinski definition) is 7. The monoisotopic (exact) mass is 463 g/mol. The number of benzene rings is 1. The Morgan fingerprint density at radius 3 is 2.24 bits per heavy atom. The van der Waals surface area contributed by atoms with E-state index in [1.165, 1.54) is 26.4 Å². The molecule has 4 amide bonds. The zero-order valence-electron chi connectivity index (χ0n) is 19.6. The van der Waals surface area contributed by atoms with Crippen LogP contribution >= 0.6 is 0 Å². The number of anilines is 1. The van der Waals surface area contributed by atoms with Gasteiger partial charge in [0, 0.05) is 24.6 Å². The number of ether oxygens (including phenoxy) is 3. The number of hydrogen-bond donors (Lipinski definition) is 3. The Kier molecular flexibility index (Phi) is 9.96. The van der Waals surface area contributed by atoms with E-state index in [4.69, 9.17) is 14.2 Å². The second kappa shape index (κ2) is 12.7.